The van der Waals surface area contributed by atoms with E-state index in [-0.39, 0.29) is 11.6 Å². The van der Waals surface area contributed by atoms with Crippen LogP contribution in [0.4, 0.5) is 23.5 Å². The van der Waals surface area contributed by atoms with E-state index in [0.29, 0.717) is 17.0 Å². The lowest BCUT2D eigenvalue weighted by atomic mass is 10.2. The lowest BCUT2D eigenvalue weighted by molar-refractivity contribution is -0.141. The van der Waals surface area contributed by atoms with Gasteiger partial charge < -0.3 is 0 Å². The van der Waals surface area contributed by atoms with Gasteiger partial charge in [0.15, 0.2) is 10.8 Å². The fourth-order valence-electron chi connectivity index (χ4n) is 2.01. The van der Waals surface area contributed by atoms with Gasteiger partial charge in [0, 0.05) is 18.3 Å². The largest absolute Gasteiger partial charge is 0.433 e. The quantitative estimate of drug-likeness (QED) is 0.410. The third-order valence-electron chi connectivity index (χ3n) is 3.22. The summed E-state index contributed by atoms with van der Waals surface area (Å²) in [6, 6.07) is 3.60. The maximum absolute atomic E-state index is 13.1. The number of aromatic nitrogens is 4. The Balaban J connectivity index is 1.90. The Bertz CT molecular complexity index is 930. The van der Waals surface area contributed by atoms with Gasteiger partial charge in [0.2, 0.25) is 5.95 Å². The first-order valence-corrected chi connectivity index (χ1v) is 8.20. The molecule has 0 bridgehead atoms. The zero-order chi connectivity index (χ0) is 18.7. The van der Waals surface area contributed by atoms with Crippen LogP contribution in [0.3, 0.4) is 0 Å². The predicted octanol–water partition coefficient (Wildman–Crippen LogP) is 4.03. The Morgan fingerprint density at radius 3 is 2.73 bits per heavy atom. The molecule has 0 saturated carbocycles. The molecule has 0 atom stereocenters. The fourth-order valence-corrected chi connectivity index (χ4v) is 2.61. The zero-order valence-corrected chi connectivity index (χ0v) is 14.1. The van der Waals surface area contributed by atoms with Crippen molar-refractivity contribution in [1.82, 2.24) is 19.7 Å². The van der Waals surface area contributed by atoms with Crippen LogP contribution in [-0.4, -0.2) is 26.0 Å². The number of anilines is 1. The number of halogens is 4. The van der Waals surface area contributed by atoms with Crippen LogP contribution in [0.25, 0.3) is 11.3 Å². The van der Waals surface area contributed by atoms with E-state index in [1.807, 2.05) is 6.92 Å². The first-order chi connectivity index (χ1) is 12.3. The molecule has 26 heavy (non-hydrogen) atoms. The second kappa shape index (κ2) is 7.20. The molecule has 3 aromatic rings. The van der Waals surface area contributed by atoms with Gasteiger partial charge in [-0.25, -0.2) is 15.4 Å². The van der Waals surface area contributed by atoms with E-state index in [1.165, 1.54) is 24.5 Å². The molecule has 0 aromatic carbocycles. The Morgan fingerprint density at radius 1 is 1.31 bits per heavy atom. The van der Waals surface area contributed by atoms with Crippen LogP contribution < -0.4 is 5.43 Å². The summed E-state index contributed by atoms with van der Waals surface area (Å²) in [6.45, 7) is 2.43. The highest BCUT2D eigenvalue weighted by atomic mass is 32.1. The summed E-state index contributed by atoms with van der Waals surface area (Å²) in [4.78, 5) is 7.97. The summed E-state index contributed by atoms with van der Waals surface area (Å²) in [7, 11) is 0. The van der Waals surface area contributed by atoms with Gasteiger partial charge >= 0.3 is 6.18 Å². The summed E-state index contributed by atoms with van der Waals surface area (Å²) in [5.74, 6) is -0.327. The number of nitrogens with zero attached hydrogens (tertiary/aromatic N) is 5. The highest BCUT2D eigenvalue weighted by Gasteiger charge is 2.34. The van der Waals surface area contributed by atoms with E-state index in [2.05, 4.69) is 25.6 Å². The molecule has 3 rings (SSSR count). The normalized spacial score (nSPS) is 12.0. The number of rotatable bonds is 5. The molecule has 3 heterocycles. The second-order valence-corrected chi connectivity index (χ2v) is 6.12. The minimum Gasteiger partial charge on any atom is -0.272 e. The van der Waals surface area contributed by atoms with Crippen molar-refractivity contribution < 1.29 is 17.6 Å². The van der Waals surface area contributed by atoms with E-state index in [1.54, 1.807) is 10.9 Å². The topological polar surface area (TPSA) is 68.0 Å². The molecule has 0 unspecified atom stereocenters. The fraction of sp³-hybridized carbons (Fsp3) is 0.200. The lowest BCUT2D eigenvalue weighted by Gasteiger charge is -2.09. The van der Waals surface area contributed by atoms with Crippen molar-refractivity contribution >= 4 is 23.5 Å². The van der Waals surface area contributed by atoms with Gasteiger partial charge in [-0.05, 0) is 25.1 Å². The average Bonchev–Trinajstić information content (AvgIpc) is 3.23. The minimum absolute atomic E-state index is 0.0619. The first-order valence-electron chi connectivity index (χ1n) is 7.38. The van der Waals surface area contributed by atoms with Gasteiger partial charge in [0.05, 0.1) is 23.0 Å². The third-order valence-corrected chi connectivity index (χ3v) is 4.03. The molecule has 3 aromatic heterocycles. The maximum Gasteiger partial charge on any atom is 0.433 e. The van der Waals surface area contributed by atoms with Gasteiger partial charge in [0.1, 0.15) is 0 Å². The van der Waals surface area contributed by atoms with Crippen LogP contribution in [0.1, 0.15) is 17.5 Å². The number of hydrogen-bond donors (Lipinski definition) is 1. The molecule has 0 aliphatic rings. The molecular formula is C15H12F4N6S. The standard InChI is InChI=1S/C15H12F4N6S/c1-2-25-8-9(6-21-25)11-5-12(15(17,18)19)23-14(22-11)24-20-7-10-3-4-13(16)26-10/h3-8H,2H2,1H3,(H,22,23,24)/b20-7+. The predicted molar refractivity (Wildman–Crippen MR) is 89.4 cm³/mol. The van der Waals surface area contributed by atoms with Crippen molar-refractivity contribution in [3.8, 4) is 11.3 Å². The van der Waals surface area contributed by atoms with Crippen LogP contribution >= 0.6 is 11.3 Å². The van der Waals surface area contributed by atoms with Crippen LogP contribution in [0, 0.1) is 5.13 Å². The molecule has 0 aliphatic carbocycles. The molecular weight excluding hydrogens is 372 g/mol. The molecule has 0 saturated heterocycles. The number of aryl methyl sites for hydroxylation is 1. The smallest absolute Gasteiger partial charge is 0.272 e. The summed E-state index contributed by atoms with van der Waals surface area (Å²) < 4.78 is 53.8. The molecule has 0 spiro atoms. The van der Waals surface area contributed by atoms with E-state index >= 15 is 0 Å². The molecule has 136 valence electrons. The van der Waals surface area contributed by atoms with Crippen molar-refractivity contribution in [3.05, 3.63) is 46.3 Å². The van der Waals surface area contributed by atoms with Crippen molar-refractivity contribution in [2.24, 2.45) is 5.10 Å². The Hall–Kier alpha value is -2.82. The Morgan fingerprint density at radius 2 is 2.12 bits per heavy atom. The van der Waals surface area contributed by atoms with Gasteiger partial charge in [-0.3, -0.25) is 4.68 Å². The van der Waals surface area contributed by atoms with E-state index in [0.717, 1.165) is 17.4 Å². The average molecular weight is 384 g/mol. The van der Waals surface area contributed by atoms with Crippen molar-refractivity contribution in [3.63, 3.8) is 0 Å². The number of hydrogen-bond acceptors (Lipinski definition) is 6. The molecule has 0 aliphatic heterocycles. The van der Waals surface area contributed by atoms with Gasteiger partial charge in [-0.2, -0.15) is 27.8 Å². The van der Waals surface area contributed by atoms with E-state index < -0.39 is 17.0 Å². The van der Waals surface area contributed by atoms with E-state index in [4.69, 9.17) is 0 Å². The van der Waals surface area contributed by atoms with Gasteiger partial charge in [-0.1, -0.05) is 0 Å². The molecule has 0 fully saturated rings. The summed E-state index contributed by atoms with van der Waals surface area (Å²) >= 11 is 0.848. The minimum atomic E-state index is -4.64. The third kappa shape index (κ3) is 4.23. The highest BCUT2D eigenvalue weighted by Crippen LogP contribution is 2.31. The van der Waals surface area contributed by atoms with Crippen molar-refractivity contribution in [1.29, 1.82) is 0 Å². The number of hydrazone groups is 1. The van der Waals surface area contributed by atoms with Crippen LogP contribution in [0.5, 0.6) is 0 Å². The van der Waals surface area contributed by atoms with Gasteiger partial charge in [0.25, 0.3) is 0 Å². The second-order valence-electron chi connectivity index (χ2n) is 5.06. The maximum atomic E-state index is 13.1. The Kier molecular flexibility index (Phi) is 4.98. The lowest BCUT2D eigenvalue weighted by Crippen LogP contribution is -2.11. The summed E-state index contributed by atoms with van der Waals surface area (Å²) in [6.07, 6.45) is -0.362. The molecule has 6 nitrogen and oxygen atoms in total. The number of thiophene rings is 1. The molecule has 1 N–H and O–H groups in total. The molecule has 0 amide bonds. The van der Waals surface area contributed by atoms with E-state index in [9.17, 15) is 17.6 Å². The first kappa shape index (κ1) is 18.0. The number of nitrogens with one attached hydrogen (secondary N) is 1. The highest BCUT2D eigenvalue weighted by molar-refractivity contribution is 7.12. The van der Waals surface area contributed by atoms with Crippen LogP contribution in [0.2, 0.25) is 0 Å². The monoisotopic (exact) mass is 384 g/mol. The summed E-state index contributed by atoms with van der Waals surface area (Å²) in [5.41, 5.74) is 1.73. The van der Waals surface area contributed by atoms with Crippen molar-refractivity contribution in [2.75, 3.05) is 5.43 Å². The Labute approximate surface area is 149 Å². The van der Waals surface area contributed by atoms with Crippen LogP contribution in [0.15, 0.2) is 35.7 Å². The zero-order valence-electron chi connectivity index (χ0n) is 13.3. The SMILES string of the molecule is CCn1cc(-c2cc(C(F)(F)F)nc(N/N=C/c3ccc(F)s3)n2)cn1. The van der Waals surface area contributed by atoms with Crippen molar-refractivity contribution in [2.45, 2.75) is 19.6 Å². The number of alkyl halides is 3. The van der Waals surface area contributed by atoms with Gasteiger partial charge in [-0.15, -0.1) is 11.3 Å². The van der Waals surface area contributed by atoms with Crippen LogP contribution in [-0.2, 0) is 12.7 Å². The summed E-state index contributed by atoms with van der Waals surface area (Å²) in [5, 5.41) is 7.40. The molecule has 0 radical (unpaired) electrons. The molecule has 11 heteroatoms.